The average Bonchev–Trinajstić information content (AvgIpc) is 2.45. The molecule has 1 atom stereocenters. The molecule has 1 rings (SSSR count). The molecule has 0 bridgehead atoms. The summed E-state index contributed by atoms with van der Waals surface area (Å²) in [6.07, 6.45) is 17.4. The Balaban J connectivity index is 1.85. The molecule has 0 aromatic heterocycles. The van der Waals surface area contributed by atoms with Crippen LogP contribution in [0, 0.1) is 0 Å². The Hall–Kier alpha value is 0.310. The van der Waals surface area contributed by atoms with Crippen molar-refractivity contribution in [2.75, 3.05) is 5.75 Å². The molecule has 1 nitrogen and oxygen atoms in total. The van der Waals surface area contributed by atoms with E-state index in [9.17, 15) is 5.11 Å². The Labute approximate surface area is 124 Å². The molecular formula is C17H34OS. The van der Waals surface area contributed by atoms with E-state index in [4.69, 9.17) is 0 Å². The highest BCUT2D eigenvalue weighted by atomic mass is 32.2. The molecule has 1 saturated carbocycles. The Bertz CT molecular complexity index is 190. The highest BCUT2D eigenvalue weighted by molar-refractivity contribution is 7.99. The quantitative estimate of drug-likeness (QED) is 0.502. The second-order valence-corrected chi connectivity index (χ2v) is 7.49. The van der Waals surface area contributed by atoms with Gasteiger partial charge in [0.05, 0.1) is 6.10 Å². The van der Waals surface area contributed by atoms with Gasteiger partial charge in [0, 0.05) is 11.0 Å². The molecule has 0 aliphatic heterocycles. The van der Waals surface area contributed by atoms with Gasteiger partial charge in [0.1, 0.15) is 0 Å². The topological polar surface area (TPSA) is 20.2 Å². The van der Waals surface area contributed by atoms with Gasteiger partial charge in [-0.05, 0) is 19.3 Å². The second-order valence-electron chi connectivity index (χ2n) is 6.16. The van der Waals surface area contributed by atoms with E-state index in [0.29, 0.717) is 0 Å². The SMILES string of the molecule is CCCCCCCCCC(O)CSC1CCCCC1. The van der Waals surface area contributed by atoms with Crippen molar-refractivity contribution in [3.63, 3.8) is 0 Å². The van der Waals surface area contributed by atoms with Crippen LogP contribution in [0.3, 0.4) is 0 Å². The molecule has 0 heterocycles. The molecule has 1 aliphatic carbocycles. The molecule has 2 heteroatoms. The highest BCUT2D eigenvalue weighted by Gasteiger charge is 2.15. The van der Waals surface area contributed by atoms with Gasteiger partial charge in [0.25, 0.3) is 0 Å². The normalized spacial score (nSPS) is 18.6. The third-order valence-electron chi connectivity index (χ3n) is 4.22. The summed E-state index contributed by atoms with van der Waals surface area (Å²) in [7, 11) is 0. The van der Waals surface area contributed by atoms with E-state index < -0.39 is 0 Å². The van der Waals surface area contributed by atoms with Crippen molar-refractivity contribution in [1.82, 2.24) is 0 Å². The van der Waals surface area contributed by atoms with Crippen molar-refractivity contribution < 1.29 is 5.11 Å². The third kappa shape index (κ3) is 9.79. The number of hydrogen-bond donors (Lipinski definition) is 1. The summed E-state index contributed by atoms with van der Waals surface area (Å²) in [6.45, 7) is 2.26. The van der Waals surface area contributed by atoms with Crippen LogP contribution < -0.4 is 0 Å². The Morgan fingerprint density at radius 1 is 0.947 bits per heavy atom. The Morgan fingerprint density at radius 2 is 1.58 bits per heavy atom. The molecule has 1 fully saturated rings. The van der Waals surface area contributed by atoms with Crippen LogP contribution in [0.4, 0.5) is 0 Å². The first-order chi connectivity index (χ1) is 9.33. The minimum Gasteiger partial charge on any atom is -0.392 e. The monoisotopic (exact) mass is 286 g/mol. The lowest BCUT2D eigenvalue weighted by atomic mass is 10.0. The molecular weight excluding hydrogens is 252 g/mol. The fourth-order valence-electron chi connectivity index (χ4n) is 2.90. The lowest BCUT2D eigenvalue weighted by molar-refractivity contribution is 0.184. The highest BCUT2D eigenvalue weighted by Crippen LogP contribution is 2.29. The maximum absolute atomic E-state index is 10.00. The predicted molar refractivity (Wildman–Crippen MR) is 87.9 cm³/mol. The van der Waals surface area contributed by atoms with E-state index in [1.54, 1.807) is 0 Å². The van der Waals surface area contributed by atoms with Gasteiger partial charge in [-0.15, -0.1) is 0 Å². The first kappa shape index (κ1) is 17.4. The molecule has 0 aromatic carbocycles. The molecule has 0 saturated heterocycles. The van der Waals surface area contributed by atoms with Crippen molar-refractivity contribution in [3.05, 3.63) is 0 Å². The summed E-state index contributed by atoms with van der Waals surface area (Å²) in [5, 5.41) is 10.8. The zero-order valence-electron chi connectivity index (χ0n) is 12.9. The lowest BCUT2D eigenvalue weighted by Crippen LogP contribution is -2.15. The van der Waals surface area contributed by atoms with E-state index in [0.717, 1.165) is 17.4 Å². The number of unbranched alkanes of at least 4 members (excludes halogenated alkanes) is 6. The van der Waals surface area contributed by atoms with Crippen LogP contribution in [0.15, 0.2) is 0 Å². The summed E-state index contributed by atoms with van der Waals surface area (Å²) in [5.41, 5.74) is 0. The van der Waals surface area contributed by atoms with Crippen molar-refractivity contribution in [2.45, 2.75) is 102 Å². The van der Waals surface area contributed by atoms with Crippen molar-refractivity contribution in [2.24, 2.45) is 0 Å². The van der Waals surface area contributed by atoms with Crippen LogP contribution in [0.25, 0.3) is 0 Å². The second kappa shape index (κ2) is 12.1. The van der Waals surface area contributed by atoms with Crippen LogP contribution in [0.2, 0.25) is 0 Å². The summed E-state index contributed by atoms with van der Waals surface area (Å²) in [5.74, 6) is 0.973. The number of hydrogen-bond acceptors (Lipinski definition) is 2. The maximum atomic E-state index is 10.00. The Kier molecular flexibility index (Phi) is 11.0. The van der Waals surface area contributed by atoms with E-state index in [-0.39, 0.29) is 6.10 Å². The first-order valence-corrected chi connectivity index (χ1v) is 9.67. The molecule has 19 heavy (non-hydrogen) atoms. The summed E-state index contributed by atoms with van der Waals surface area (Å²) in [6, 6.07) is 0. The molecule has 1 N–H and O–H groups in total. The van der Waals surface area contributed by atoms with Gasteiger partial charge in [0.2, 0.25) is 0 Å². The van der Waals surface area contributed by atoms with E-state index >= 15 is 0 Å². The van der Waals surface area contributed by atoms with Gasteiger partial charge in [-0.25, -0.2) is 0 Å². The van der Waals surface area contributed by atoms with Crippen molar-refractivity contribution in [3.8, 4) is 0 Å². The van der Waals surface area contributed by atoms with Gasteiger partial charge in [0.15, 0.2) is 0 Å². The number of aliphatic hydroxyl groups is 1. The van der Waals surface area contributed by atoms with E-state index in [1.807, 2.05) is 11.8 Å². The standard InChI is InChI=1S/C17H34OS/c1-2-3-4-5-6-7-9-12-16(18)15-19-17-13-10-8-11-14-17/h16-18H,2-15H2,1H3. The molecule has 0 spiro atoms. The van der Waals surface area contributed by atoms with Gasteiger partial charge < -0.3 is 5.11 Å². The van der Waals surface area contributed by atoms with Gasteiger partial charge in [-0.3, -0.25) is 0 Å². The minimum absolute atomic E-state index is 0.0532. The lowest BCUT2D eigenvalue weighted by Gasteiger charge is -2.22. The molecule has 1 aliphatic rings. The molecule has 0 amide bonds. The Morgan fingerprint density at radius 3 is 2.26 bits per heavy atom. The third-order valence-corrected chi connectivity index (χ3v) is 5.74. The van der Waals surface area contributed by atoms with Crippen LogP contribution >= 0.6 is 11.8 Å². The number of aliphatic hydroxyl groups excluding tert-OH is 1. The molecule has 1 unspecified atom stereocenters. The maximum Gasteiger partial charge on any atom is 0.0630 e. The summed E-state index contributed by atoms with van der Waals surface area (Å²) >= 11 is 2.03. The van der Waals surface area contributed by atoms with Crippen LogP contribution in [-0.4, -0.2) is 22.2 Å². The number of thioether (sulfide) groups is 1. The molecule has 0 aromatic rings. The zero-order valence-corrected chi connectivity index (χ0v) is 13.7. The van der Waals surface area contributed by atoms with E-state index in [2.05, 4.69) is 6.92 Å². The smallest absolute Gasteiger partial charge is 0.0630 e. The first-order valence-electron chi connectivity index (χ1n) is 8.62. The fraction of sp³-hybridized carbons (Fsp3) is 1.00. The predicted octanol–water partition coefficient (Wildman–Crippen LogP) is 5.55. The largest absolute Gasteiger partial charge is 0.392 e. The van der Waals surface area contributed by atoms with Crippen LogP contribution in [-0.2, 0) is 0 Å². The van der Waals surface area contributed by atoms with Gasteiger partial charge in [-0.1, -0.05) is 71.1 Å². The summed E-state index contributed by atoms with van der Waals surface area (Å²) < 4.78 is 0. The van der Waals surface area contributed by atoms with Gasteiger partial charge in [-0.2, -0.15) is 11.8 Å². The molecule has 0 radical (unpaired) electrons. The van der Waals surface area contributed by atoms with Crippen LogP contribution in [0.5, 0.6) is 0 Å². The zero-order chi connectivity index (χ0) is 13.8. The van der Waals surface area contributed by atoms with Gasteiger partial charge >= 0.3 is 0 Å². The number of rotatable bonds is 11. The van der Waals surface area contributed by atoms with Crippen LogP contribution in [0.1, 0.15) is 90.4 Å². The van der Waals surface area contributed by atoms with Crippen molar-refractivity contribution in [1.29, 1.82) is 0 Å². The minimum atomic E-state index is -0.0532. The van der Waals surface area contributed by atoms with E-state index in [1.165, 1.54) is 77.0 Å². The van der Waals surface area contributed by atoms with Crippen molar-refractivity contribution >= 4 is 11.8 Å². The summed E-state index contributed by atoms with van der Waals surface area (Å²) in [4.78, 5) is 0. The molecule has 114 valence electrons. The average molecular weight is 287 g/mol. The fourth-order valence-corrected chi connectivity index (χ4v) is 4.23.